The van der Waals surface area contributed by atoms with Crippen LogP contribution < -0.4 is 5.43 Å². The minimum Gasteiger partial charge on any atom is -0.465 e. The van der Waals surface area contributed by atoms with Gasteiger partial charge in [-0.25, -0.2) is 9.78 Å². The molecule has 3 amide bonds. The van der Waals surface area contributed by atoms with E-state index in [0.717, 1.165) is 22.8 Å². The number of aryl methyl sites for hydroxylation is 1. The molecular formula is C33H32N6O4. The van der Waals surface area contributed by atoms with Crippen LogP contribution in [0.2, 0.25) is 0 Å². The Morgan fingerprint density at radius 3 is 2.60 bits per heavy atom. The van der Waals surface area contributed by atoms with Crippen molar-refractivity contribution in [2.45, 2.75) is 25.7 Å². The van der Waals surface area contributed by atoms with E-state index in [1.165, 1.54) is 9.91 Å². The van der Waals surface area contributed by atoms with Crippen molar-refractivity contribution in [3.8, 4) is 11.5 Å². The number of hydrogen-bond acceptors (Lipinski definition) is 5. The first-order valence-corrected chi connectivity index (χ1v) is 14.4. The molecule has 1 aliphatic heterocycles. The van der Waals surface area contributed by atoms with E-state index in [1.807, 2.05) is 66.7 Å². The predicted molar refractivity (Wildman–Crippen MR) is 163 cm³/mol. The molecule has 10 nitrogen and oxygen atoms in total. The first kappa shape index (κ1) is 27.9. The zero-order chi connectivity index (χ0) is 29.8. The summed E-state index contributed by atoms with van der Waals surface area (Å²) >= 11 is 0. The molecule has 3 aromatic carbocycles. The van der Waals surface area contributed by atoms with Gasteiger partial charge in [0.05, 0.1) is 11.1 Å². The van der Waals surface area contributed by atoms with Crippen molar-refractivity contribution in [3.05, 3.63) is 96.2 Å². The molecular weight excluding hydrogens is 544 g/mol. The van der Waals surface area contributed by atoms with Crippen LogP contribution >= 0.6 is 0 Å². The van der Waals surface area contributed by atoms with Gasteiger partial charge < -0.3 is 15.0 Å². The fourth-order valence-corrected chi connectivity index (χ4v) is 5.62. The average molecular weight is 577 g/mol. The summed E-state index contributed by atoms with van der Waals surface area (Å²) in [6.07, 6.45) is 3.01. The lowest BCUT2D eigenvalue weighted by Crippen LogP contribution is -2.51. The molecule has 0 bridgehead atoms. The SMILES string of the molecule is O=C(NN(CC1CCCN(C(=O)O)C1)C(=O)CCc1ccccc1)c1cccc2[nH]c(-c3cc4ccccc4cn3)nc12. The standard InChI is InChI=1S/C33H32N6O4/c40-29(16-15-22-8-2-1-3-9-22)39(21-23-10-7-17-38(20-23)33(42)43)37-32(41)26-13-6-14-27-30(26)36-31(35-27)28-18-24-11-4-5-12-25(24)19-34-28/h1-6,8-9,11-14,18-19,23H,7,10,15-17,20-21H2,(H,35,36)(H,37,41)(H,42,43). The lowest BCUT2D eigenvalue weighted by molar-refractivity contribution is -0.134. The first-order chi connectivity index (χ1) is 20.9. The van der Waals surface area contributed by atoms with Crippen molar-refractivity contribution in [2.24, 2.45) is 5.92 Å². The number of hydrazine groups is 1. The van der Waals surface area contributed by atoms with Crippen LogP contribution in [0.4, 0.5) is 4.79 Å². The number of carbonyl (C=O) groups excluding carboxylic acids is 2. The van der Waals surface area contributed by atoms with Gasteiger partial charge in [0.25, 0.3) is 5.91 Å². The Morgan fingerprint density at radius 2 is 1.79 bits per heavy atom. The molecule has 1 atom stereocenters. The molecule has 6 rings (SSSR count). The number of fused-ring (bicyclic) bond motifs is 2. The summed E-state index contributed by atoms with van der Waals surface area (Å²) in [6.45, 7) is 0.992. The molecule has 218 valence electrons. The number of nitrogens with zero attached hydrogens (tertiary/aromatic N) is 4. The van der Waals surface area contributed by atoms with Crippen LogP contribution in [0, 0.1) is 5.92 Å². The number of carboxylic acid groups (broad SMARTS) is 1. The highest BCUT2D eigenvalue weighted by atomic mass is 16.4. The van der Waals surface area contributed by atoms with Crippen molar-refractivity contribution < 1.29 is 19.5 Å². The minimum absolute atomic E-state index is 0.0995. The number of aromatic nitrogens is 3. The number of piperidine rings is 1. The molecule has 0 radical (unpaired) electrons. The number of H-pyrrole nitrogens is 1. The van der Waals surface area contributed by atoms with Gasteiger partial charge in [-0.2, -0.15) is 0 Å². The van der Waals surface area contributed by atoms with Crippen molar-refractivity contribution in [3.63, 3.8) is 0 Å². The van der Waals surface area contributed by atoms with Gasteiger partial charge in [0.15, 0.2) is 5.82 Å². The van der Waals surface area contributed by atoms with E-state index in [-0.39, 0.29) is 24.8 Å². The quantitative estimate of drug-likeness (QED) is 0.226. The Balaban J connectivity index is 1.24. The van der Waals surface area contributed by atoms with E-state index in [4.69, 9.17) is 4.98 Å². The van der Waals surface area contributed by atoms with Crippen LogP contribution in [-0.2, 0) is 11.2 Å². The van der Waals surface area contributed by atoms with E-state index >= 15 is 0 Å². The summed E-state index contributed by atoms with van der Waals surface area (Å²) in [5.41, 5.74) is 5.97. The number of para-hydroxylation sites is 1. The number of rotatable bonds is 7. The summed E-state index contributed by atoms with van der Waals surface area (Å²) in [7, 11) is 0. The van der Waals surface area contributed by atoms with Crippen LogP contribution in [0.15, 0.2) is 85.1 Å². The van der Waals surface area contributed by atoms with Crippen LogP contribution in [-0.4, -0.2) is 67.5 Å². The monoisotopic (exact) mass is 576 g/mol. The van der Waals surface area contributed by atoms with Gasteiger partial charge in [0.1, 0.15) is 11.2 Å². The second kappa shape index (κ2) is 12.3. The molecule has 1 aliphatic rings. The zero-order valence-electron chi connectivity index (χ0n) is 23.6. The number of nitrogens with one attached hydrogen (secondary N) is 2. The highest BCUT2D eigenvalue weighted by Crippen LogP contribution is 2.25. The average Bonchev–Trinajstić information content (AvgIpc) is 3.48. The molecule has 0 aliphatic carbocycles. The predicted octanol–water partition coefficient (Wildman–Crippen LogP) is 5.27. The maximum atomic E-state index is 13.7. The number of aromatic amines is 1. The smallest absolute Gasteiger partial charge is 0.407 e. The third-order valence-corrected chi connectivity index (χ3v) is 7.87. The second-order valence-electron chi connectivity index (χ2n) is 10.9. The highest BCUT2D eigenvalue weighted by Gasteiger charge is 2.28. The third kappa shape index (κ3) is 6.33. The van der Waals surface area contributed by atoms with Gasteiger partial charge in [0, 0.05) is 37.6 Å². The number of pyridine rings is 1. The number of likely N-dealkylation sites (tertiary alicyclic amines) is 1. The first-order valence-electron chi connectivity index (χ1n) is 14.4. The molecule has 0 spiro atoms. The van der Waals surface area contributed by atoms with E-state index in [9.17, 15) is 19.5 Å². The van der Waals surface area contributed by atoms with E-state index in [2.05, 4.69) is 15.4 Å². The number of amides is 3. The molecule has 5 aromatic rings. The fraction of sp³-hybridized carbons (Fsp3) is 0.242. The Morgan fingerprint density at radius 1 is 1.00 bits per heavy atom. The maximum Gasteiger partial charge on any atom is 0.407 e. The number of carbonyl (C=O) groups is 3. The number of imidazole rings is 1. The lowest BCUT2D eigenvalue weighted by Gasteiger charge is -2.34. The molecule has 1 fully saturated rings. The Kier molecular flexibility index (Phi) is 7.99. The molecule has 1 saturated heterocycles. The minimum atomic E-state index is -0.974. The van der Waals surface area contributed by atoms with Crippen molar-refractivity contribution in [1.82, 2.24) is 30.3 Å². The van der Waals surface area contributed by atoms with Gasteiger partial charge in [-0.1, -0.05) is 60.7 Å². The van der Waals surface area contributed by atoms with Crippen molar-refractivity contribution in [1.29, 1.82) is 0 Å². The third-order valence-electron chi connectivity index (χ3n) is 7.87. The fourth-order valence-electron chi connectivity index (χ4n) is 5.62. The Bertz CT molecular complexity index is 1790. The lowest BCUT2D eigenvalue weighted by atomic mass is 9.98. The second-order valence-corrected chi connectivity index (χ2v) is 10.9. The summed E-state index contributed by atoms with van der Waals surface area (Å²) < 4.78 is 0. The van der Waals surface area contributed by atoms with E-state index in [0.29, 0.717) is 54.0 Å². The van der Waals surface area contributed by atoms with Gasteiger partial charge >= 0.3 is 6.09 Å². The summed E-state index contributed by atoms with van der Waals surface area (Å²) in [5, 5.41) is 12.9. The number of benzene rings is 3. The molecule has 0 saturated carbocycles. The van der Waals surface area contributed by atoms with Crippen LogP contribution in [0.1, 0.15) is 35.2 Å². The molecule has 3 N–H and O–H groups in total. The Hall–Kier alpha value is -5.25. The zero-order valence-corrected chi connectivity index (χ0v) is 23.6. The molecule has 3 heterocycles. The molecule has 43 heavy (non-hydrogen) atoms. The van der Waals surface area contributed by atoms with E-state index < -0.39 is 12.0 Å². The summed E-state index contributed by atoms with van der Waals surface area (Å²) in [6, 6.07) is 24.9. The molecule has 10 heteroatoms. The Labute approximate surface area is 248 Å². The molecule has 1 unspecified atom stereocenters. The largest absolute Gasteiger partial charge is 0.465 e. The van der Waals surface area contributed by atoms with Crippen LogP contribution in [0.3, 0.4) is 0 Å². The maximum absolute atomic E-state index is 13.7. The van der Waals surface area contributed by atoms with Gasteiger partial charge in [0.2, 0.25) is 5.91 Å². The highest BCUT2D eigenvalue weighted by molar-refractivity contribution is 6.06. The summed E-state index contributed by atoms with van der Waals surface area (Å²) in [4.78, 5) is 52.7. The van der Waals surface area contributed by atoms with Crippen molar-refractivity contribution >= 4 is 39.7 Å². The van der Waals surface area contributed by atoms with Gasteiger partial charge in [-0.05, 0) is 54.3 Å². The van der Waals surface area contributed by atoms with Gasteiger partial charge in [-0.15, -0.1) is 0 Å². The summed E-state index contributed by atoms with van der Waals surface area (Å²) in [5.74, 6) is -0.265. The van der Waals surface area contributed by atoms with Crippen LogP contribution in [0.25, 0.3) is 33.3 Å². The van der Waals surface area contributed by atoms with Crippen molar-refractivity contribution in [2.75, 3.05) is 19.6 Å². The molecule has 2 aromatic heterocycles. The topological polar surface area (TPSA) is 132 Å². The normalized spacial score (nSPS) is 15.0. The van der Waals surface area contributed by atoms with Gasteiger partial charge in [-0.3, -0.25) is 25.0 Å². The number of hydrogen-bond donors (Lipinski definition) is 3. The van der Waals surface area contributed by atoms with Crippen LogP contribution in [0.5, 0.6) is 0 Å². The van der Waals surface area contributed by atoms with E-state index in [1.54, 1.807) is 18.3 Å².